The van der Waals surface area contributed by atoms with Crippen molar-refractivity contribution in [2.45, 2.75) is 38.6 Å². The van der Waals surface area contributed by atoms with Crippen LogP contribution in [0, 0.1) is 5.92 Å². The monoisotopic (exact) mass is 440 g/mol. The van der Waals surface area contributed by atoms with Gasteiger partial charge in [0.2, 0.25) is 5.91 Å². The number of rotatable bonds is 10. The number of carbonyl (C=O) groups is 1. The third-order valence-electron chi connectivity index (χ3n) is 6.34. The number of nitrogens with zero attached hydrogens (tertiary/aromatic N) is 1. The lowest BCUT2D eigenvalue weighted by Crippen LogP contribution is -2.49. The SMILES string of the molecule is COc1ccccc1CC1CCCN(C(C)C(=O)NCCc2ccc(OC)c(OC)c2)C1. The molecule has 1 aliphatic rings. The number of para-hydroxylation sites is 1. The highest BCUT2D eigenvalue weighted by molar-refractivity contribution is 5.81. The van der Waals surface area contributed by atoms with Gasteiger partial charge in [0.25, 0.3) is 0 Å². The van der Waals surface area contributed by atoms with Crippen LogP contribution < -0.4 is 19.5 Å². The van der Waals surface area contributed by atoms with Crippen LogP contribution in [0.2, 0.25) is 0 Å². The maximum atomic E-state index is 12.8. The standard InChI is InChI=1S/C26H36N2O4/c1-19(26(29)27-14-13-20-11-12-24(31-3)25(17-20)32-4)28-15-7-8-21(18-28)16-22-9-5-6-10-23(22)30-2/h5-6,9-12,17,19,21H,7-8,13-16,18H2,1-4H3,(H,27,29). The summed E-state index contributed by atoms with van der Waals surface area (Å²) >= 11 is 0. The van der Waals surface area contributed by atoms with E-state index in [1.54, 1.807) is 21.3 Å². The lowest BCUT2D eigenvalue weighted by Gasteiger charge is -2.36. The summed E-state index contributed by atoms with van der Waals surface area (Å²) in [4.78, 5) is 15.1. The molecule has 0 aliphatic carbocycles. The predicted molar refractivity (Wildman–Crippen MR) is 127 cm³/mol. The molecule has 1 N–H and O–H groups in total. The summed E-state index contributed by atoms with van der Waals surface area (Å²) in [6, 6.07) is 13.9. The number of benzene rings is 2. The minimum Gasteiger partial charge on any atom is -0.496 e. The summed E-state index contributed by atoms with van der Waals surface area (Å²) in [7, 11) is 4.98. The van der Waals surface area contributed by atoms with Crippen LogP contribution in [-0.2, 0) is 17.6 Å². The molecular formula is C26H36N2O4. The van der Waals surface area contributed by atoms with Gasteiger partial charge in [0.15, 0.2) is 11.5 Å². The van der Waals surface area contributed by atoms with E-state index in [-0.39, 0.29) is 11.9 Å². The maximum absolute atomic E-state index is 12.8. The number of hydrogen-bond donors (Lipinski definition) is 1. The van der Waals surface area contributed by atoms with Gasteiger partial charge in [0.1, 0.15) is 5.75 Å². The van der Waals surface area contributed by atoms with E-state index in [1.165, 1.54) is 12.0 Å². The van der Waals surface area contributed by atoms with Crippen molar-refractivity contribution >= 4 is 5.91 Å². The average Bonchev–Trinajstić information content (AvgIpc) is 2.83. The van der Waals surface area contributed by atoms with Crippen molar-refractivity contribution < 1.29 is 19.0 Å². The molecule has 2 atom stereocenters. The highest BCUT2D eigenvalue weighted by Crippen LogP contribution is 2.28. The van der Waals surface area contributed by atoms with Gasteiger partial charge >= 0.3 is 0 Å². The Bertz CT molecular complexity index is 886. The van der Waals surface area contributed by atoms with Crippen LogP contribution in [0.15, 0.2) is 42.5 Å². The van der Waals surface area contributed by atoms with E-state index < -0.39 is 0 Å². The molecule has 0 aromatic heterocycles. The van der Waals surface area contributed by atoms with E-state index in [4.69, 9.17) is 14.2 Å². The zero-order chi connectivity index (χ0) is 22.9. The van der Waals surface area contributed by atoms with Gasteiger partial charge in [-0.25, -0.2) is 0 Å². The third kappa shape index (κ3) is 6.16. The summed E-state index contributed by atoms with van der Waals surface area (Å²) in [5, 5.41) is 3.10. The van der Waals surface area contributed by atoms with E-state index in [9.17, 15) is 4.79 Å². The summed E-state index contributed by atoms with van der Waals surface area (Å²) in [6.45, 7) is 4.50. The van der Waals surface area contributed by atoms with Gasteiger partial charge in [0.05, 0.1) is 27.4 Å². The highest BCUT2D eigenvalue weighted by Gasteiger charge is 2.27. The quantitative estimate of drug-likeness (QED) is 0.610. The molecule has 6 nitrogen and oxygen atoms in total. The van der Waals surface area contributed by atoms with Crippen molar-refractivity contribution in [3.8, 4) is 17.2 Å². The molecule has 1 heterocycles. The average molecular weight is 441 g/mol. The number of piperidine rings is 1. The van der Waals surface area contributed by atoms with E-state index >= 15 is 0 Å². The smallest absolute Gasteiger partial charge is 0.237 e. The van der Waals surface area contributed by atoms with Gasteiger partial charge in [-0.15, -0.1) is 0 Å². The molecule has 0 saturated carbocycles. The Kier molecular flexibility index (Phi) is 8.80. The first-order valence-electron chi connectivity index (χ1n) is 11.4. The molecule has 6 heteroatoms. The van der Waals surface area contributed by atoms with Crippen molar-refractivity contribution in [3.05, 3.63) is 53.6 Å². The first-order valence-corrected chi connectivity index (χ1v) is 11.4. The number of likely N-dealkylation sites (tertiary alicyclic amines) is 1. The number of ether oxygens (including phenoxy) is 3. The van der Waals surface area contributed by atoms with Crippen LogP contribution in [0.25, 0.3) is 0 Å². The fraction of sp³-hybridized carbons (Fsp3) is 0.500. The Morgan fingerprint density at radius 2 is 1.81 bits per heavy atom. The zero-order valence-electron chi connectivity index (χ0n) is 19.7. The second kappa shape index (κ2) is 11.8. The van der Waals surface area contributed by atoms with Gasteiger partial charge in [-0.1, -0.05) is 24.3 Å². The summed E-state index contributed by atoms with van der Waals surface area (Å²) in [5.41, 5.74) is 2.35. The number of nitrogens with one attached hydrogen (secondary N) is 1. The first-order chi connectivity index (χ1) is 15.5. The molecule has 1 fully saturated rings. The Labute approximate surface area is 191 Å². The van der Waals surface area contributed by atoms with E-state index in [2.05, 4.69) is 22.3 Å². The van der Waals surface area contributed by atoms with Crippen LogP contribution in [0.3, 0.4) is 0 Å². The Balaban J connectivity index is 1.49. The van der Waals surface area contributed by atoms with Crippen molar-refractivity contribution in [1.29, 1.82) is 0 Å². The molecule has 0 spiro atoms. The summed E-state index contributed by atoms with van der Waals surface area (Å²) in [6.07, 6.45) is 4.02. The van der Waals surface area contributed by atoms with Crippen molar-refractivity contribution in [2.24, 2.45) is 5.92 Å². The van der Waals surface area contributed by atoms with Crippen molar-refractivity contribution in [2.75, 3.05) is 41.0 Å². The first kappa shape index (κ1) is 23.9. The topological polar surface area (TPSA) is 60.0 Å². The fourth-order valence-electron chi connectivity index (χ4n) is 4.48. The van der Waals surface area contributed by atoms with Crippen LogP contribution in [0.4, 0.5) is 0 Å². The number of carbonyl (C=O) groups excluding carboxylic acids is 1. The van der Waals surface area contributed by atoms with Crippen LogP contribution in [0.1, 0.15) is 30.9 Å². The van der Waals surface area contributed by atoms with Gasteiger partial charge in [-0.05, 0) is 74.4 Å². The predicted octanol–water partition coefficient (Wildman–Crippen LogP) is 3.71. The lowest BCUT2D eigenvalue weighted by atomic mass is 9.90. The second-order valence-corrected chi connectivity index (χ2v) is 8.43. The minimum atomic E-state index is -0.138. The number of amides is 1. The van der Waals surface area contributed by atoms with Crippen LogP contribution >= 0.6 is 0 Å². The van der Waals surface area contributed by atoms with E-state index in [1.807, 2.05) is 37.3 Å². The molecule has 0 bridgehead atoms. The molecule has 2 aromatic carbocycles. The Morgan fingerprint density at radius 3 is 2.56 bits per heavy atom. The van der Waals surface area contributed by atoms with Crippen molar-refractivity contribution in [1.82, 2.24) is 10.2 Å². The maximum Gasteiger partial charge on any atom is 0.237 e. The largest absolute Gasteiger partial charge is 0.496 e. The van der Waals surface area contributed by atoms with Crippen LogP contribution in [0.5, 0.6) is 17.2 Å². The molecule has 3 rings (SSSR count). The normalized spacial score (nSPS) is 17.4. The van der Waals surface area contributed by atoms with Gasteiger partial charge in [0, 0.05) is 13.1 Å². The Morgan fingerprint density at radius 1 is 1.06 bits per heavy atom. The molecule has 2 aromatic rings. The molecule has 1 amide bonds. The van der Waals surface area contributed by atoms with Gasteiger partial charge in [-0.2, -0.15) is 0 Å². The minimum absolute atomic E-state index is 0.0865. The van der Waals surface area contributed by atoms with Gasteiger partial charge in [-0.3, -0.25) is 9.69 Å². The van der Waals surface area contributed by atoms with Crippen molar-refractivity contribution in [3.63, 3.8) is 0 Å². The fourth-order valence-corrected chi connectivity index (χ4v) is 4.48. The van der Waals surface area contributed by atoms with Gasteiger partial charge < -0.3 is 19.5 Å². The highest BCUT2D eigenvalue weighted by atomic mass is 16.5. The molecule has 2 unspecified atom stereocenters. The lowest BCUT2D eigenvalue weighted by molar-refractivity contribution is -0.126. The van der Waals surface area contributed by atoms with E-state index in [0.29, 0.717) is 24.0 Å². The molecule has 1 aliphatic heterocycles. The summed E-state index contributed by atoms with van der Waals surface area (Å²) < 4.78 is 16.2. The molecule has 1 saturated heterocycles. The third-order valence-corrected chi connectivity index (χ3v) is 6.34. The van der Waals surface area contributed by atoms with E-state index in [0.717, 1.165) is 43.7 Å². The number of methoxy groups -OCH3 is 3. The van der Waals surface area contributed by atoms with Crippen LogP contribution in [-0.4, -0.2) is 57.8 Å². The molecule has 0 radical (unpaired) electrons. The summed E-state index contributed by atoms with van der Waals surface area (Å²) in [5.74, 6) is 2.98. The Hall–Kier alpha value is -2.73. The zero-order valence-corrected chi connectivity index (χ0v) is 19.7. The second-order valence-electron chi connectivity index (χ2n) is 8.43. The molecule has 32 heavy (non-hydrogen) atoms. The number of hydrogen-bond acceptors (Lipinski definition) is 5. The molecular weight excluding hydrogens is 404 g/mol. The molecule has 174 valence electrons.